The largest absolute Gasteiger partial charge is 0.489 e. The number of Topliss-reactive ketones (excluding diaryl/α,β-unsaturated/α-hetero) is 1. The molecule has 5 rings (SSSR count). The maximum absolute atomic E-state index is 13.1. The average molecular weight is 562 g/mol. The number of fused-ring (bicyclic) bond motifs is 1. The first-order chi connectivity index (χ1) is 19.9. The predicted octanol–water partition coefficient (Wildman–Crippen LogP) is 7.33. The van der Waals surface area contributed by atoms with Crippen LogP contribution in [0.1, 0.15) is 60.4 Å². The van der Waals surface area contributed by atoms with Crippen molar-refractivity contribution in [2.75, 3.05) is 32.9 Å². The number of nitrogens with zero attached hydrogens (tertiary/aromatic N) is 1. The summed E-state index contributed by atoms with van der Waals surface area (Å²) in [5.41, 5.74) is 7.50. The van der Waals surface area contributed by atoms with Gasteiger partial charge < -0.3 is 9.47 Å². The van der Waals surface area contributed by atoms with Gasteiger partial charge in [-0.15, -0.1) is 0 Å². The first kappa shape index (κ1) is 28.8. The summed E-state index contributed by atoms with van der Waals surface area (Å²) in [6.07, 6.45) is 4.15. The second-order valence-electron chi connectivity index (χ2n) is 11.0. The highest BCUT2D eigenvalue weighted by Crippen LogP contribution is 2.42. The quantitative estimate of drug-likeness (QED) is 0.245. The Bertz CT molecular complexity index is 1400. The SMILES string of the molecule is CC(=O)COc1ccc(C2=C(c3ccc(O[C@H]4CCN(CCCF)C4)cc3)c3ccc(OF)cc3CCC2)cc1C. The summed E-state index contributed by atoms with van der Waals surface area (Å²) in [5, 5.41) is 0. The summed E-state index contributed by atoms with van der Waals surface area (Å²) < 4.78 is 37.6. The summed E-state index contributed by atoms with van der Waals surface area (Å²) in [7, 11) is 0. The van der Waals surface area contributed by atoms with E-state index in [4.69, 9.17) is 9.47 Å². The highest BCUT2D eigenvalue weighted by Gasteiger charge is 2.24. The number of aryl methyl sites for hydroxylation is 2. The van der Waals surface area contributed by atoms with E-state index in [0.29, 0.717) is 12.2 Å². The van der Waals surface area contributed by atoms with Gasteiger partial charge in [0.25, 0.3) is 0 Å². The maximum atomic E-state index is 13.1. The number of ketones is 1. The van der Waals surface area contributed by atoms with E-state index in [1.54, 1.807) is 12.1 Å². The number of halogens is 2. The van der Waals surface area contributed by atoms with Crippen molar-refractivity contribution in [3.05, 3.63) is 88.5 Å². The van der Waals surface area contributed by atoms with Crippen LogP contribution in [-0.4, -0.2) is 49.7 Å². The van der Waals surface area contributed by atoms with Gasteiger partial charge in [0.05, 0.1) is 6.67 Å². The van der Waals surface area contributed by atoms with Gasteiger partial charge in [-0.1, -0.05) is 24.3 Å². The molecule has 0 aromatic heterocycles. The third-order valence-electron chi connectivity index (χ3n) is 7.85. The predicted molar refractivity (Wildman–Crippen MR) is 157 cm³/mol. The van der Waals surface area contributed by atoms with Crippen molar-refractivity contribution in [1.29, 1.82) is 0 Å². The minimum atomic E-state index is -0.288. The van der Waals surface area contributed by atoms with Gasteiger partial charge in [0.15, 0.2) is 11.5 Å². The summed E-state index contributed by atoms with van der Waals surface area (Å²) in [6, 6.07) is 19.7. The fourth-order valence-corrected chi connectivity index (χ4v) is 5.88. The number of carbonyl (C=O) groups excluding carboxylic acids is 1. The molecule has 1 heterocycles. The van der Waals surface area contributed by atoms with Gasteiger partial charge in [0, 0.05) is 24.2 Å². The molecule has 1 atom stereocenters. The molecule has 216 valence electrons. The van der Waals surface area contributed by atoms with Crippen LogP contribution in [0, 0.1) is 6.92 Å². The molecular weight excluding hydrogens is 524 g/mol. The fraction of sp³-hybridized carbons (Fsp3) is 0.382. The van der Waals surface area contributed by atoms with Crippen molar-refractivity contribution in [1.82, 2.24) is 4.90 Å². The Kier molecular flexibility index (Phi) is 9.35. The van der Waals surface area contributed by atoms with E-state index in [1.165, 1.54) is 12.5 Å². The van der Waals surface area contributed by atoms with Crippen LogP contribution in [0.5, 0.6) is 17.2 Å². The molecule has 5 nitrogen and oxygen atoms in total. The average Bonchev–Trinajstić information content (AvgIpc) is 3.33. The molecule has 1 aliphatic heterocycles. The Labute approximate surface area is 240 Å². The first-order valence-corrected chi connectivity index (χ1v) is 14.4. The normalized spacial score (nSPS) is 17.2. The molecule has 0 unspecified atom stereocenters. The zero-order valence-electron chi connectivity index (χ0n) is 23.8. The molecule has 2 aliphatic rings. The van der Waals surface area contributed by atoms with Gasteiger partial charge in [-0.2, -0.15) is 0 Å². The van der Waals surface area contributed by atoms with Gasteiger partial charge >= 0.3 is 0 Å². The molecule has 3 aromatic carbocycles. The van der Waals surface area contributed by atoms with Gasteiger partial charge in [-0.25, -0.2) is 0 Å². The molecule has 0 saturated carbocycles. The highest BCUT2D eigenvalue weighted by molar-refractivity contribution is 6.00. The minimum Gasteiger partial charge on any atom is -0.489 e. The van der Waals surface area contributed by atoms with E-state index < -0.39 is 0 Å². The first-order valence-electron chi connectivity index (χ1n) is 14.4. The molecule has 0 spiro atoms. The molecule has 7 heteroatoms. The summed E-state index contributed by atoms with van der Waals surface area (Å²) in [5.74, 6) is 1.69. The molecule has 1 saturated heterocycles. The molecule has 1 aliphatic carbocycles. The van der Waals surface area contributed by atoms with Crippen molar-refractivity contribution in [2.24, 2.45) is 0 Å². The van der Waals surface area contributed by atoms with Crippen LogP contribution < -0.4 is 14.4 Å². The van der Waals surface area contributed by atoms with Crippen molar-refractivity contribution in [2.45, 2.75) is 52.1 Å². The smallest absolute Gasteiger partial charge is 0.172 e. The number of hydrogen-bond acceptors (Lipinski definition) is 5. The van der Waals surface area contributed by atoms with Crippen molar-refractivity contribution < 1.29 is 28.1 Å². The lowest BCUT2D eigenvalue weighted by Gasteiger charge is -2.19. The van der Waals surface area contributed by atoms with Crippen LogP contribution in [0.15, 0.2) is 60.7 Å². The number of benzene rings is 3. The Balaban J connectivity index is 1.48. The van der Waals surface area contributed by atoms with E-state index in [0.717, 1.165) is 84.5 Å². The number of alkyl halides is 1. The fourth-order valence-electron chi connectivity index (χ4n) is 5.88. The summed E-state index contributed by atoms with van der Waals surface area (Å²) >= 11 is 0. The monoisotopic (exact) mass is 561 g/mol. The topological polar surface area (TPSA) is 48.0 Å². The van der Waals surface area contributed by atoms with E-state index in [-0.39, 0.29) is 30.9 Å². The van der Waals surface area contributed by atoms with E-state index in [9.17, 15) is 13.7 Å². The number of likely N-dealkylation sites (tertiary alicyclic amines) is 1. The van der Waals surface area contributed by atoms with Gasteiger partial charge in [-0.05, 0) is 121 Å². The maximum Gasteiger partial charge on any atom is 0.172 e. The zero-order chi connectivity index (χ0) is 28.8. The Morgan fingerprint density at radius 3 is 2.51 bits per heavy atom. The Hall–Kier alpha value is -3.71. The Morgan fingerprint density at radius 1 is 1.00 bits per heavy atom. The zero-order valence-corrected chi connectivity index (χ0v) is 23.8. The van der Waals surface area contributed by atoms with Crippen molar-refractivity contribution >= 4 is 16.9 Å². The molecule has 0 bridgehead atoms. The summed E-state index contributed by atoms with van der Waals surface area (Å²) in [6.45, 7) is 5.77. The number of rotatable bonds is 11. The molecule has 0 amide bonds. The third-order valence-corrected chi connectivity index (χ3v) is 7.85. The van der Waals surface area contributed by atoms with Crippen LogP contribution >= 0.6 is 0 Å². The second-order valence-corrected chi connectivity index (χ2v) is 11.0. The van der Waals surface area contributed by atoms with Crippen molar-refractivity contribution in [3.63, 3.8) is 0 Å². The standard InChI is InChI=1S/C34H37F2NO4/c1-23-19-27(9-14-33(23)39-22-24(2)38)31-6-3-5-26-20-29(41-36)12-13-32(26)34(31)25-7-10-28(11-8-25)40-30-15-18-37(21-30)17-4-16-35/h7-14,19-20,30H,3-6,15-18,21-22H2,1-2H3/t30-/m0/s1. The molecular formula is C34H37F2NO4. The van der Waals surface area contributed by atoms with Crippen LogP contribution in [0.25, 0.3) is 11.1 Å². The molecule has 41 heavy (non-hydrogen) atoms. The molecule has 3 aromatic rings. The second kappa shape index (κ2) is 13.3. The van der Waals surface area contributed by atoms with E-state index in [2.05, 4.69) is 28.0 Å². The molecule has 1 fully saturated rings. The van der Waals surface area contributed by atoms with Gasteiger partial charge in [0.2, 0.25) is 0 Å². The number of allylic oxidation sites excluding steroid dienone is 1. The lowest BCUT2D eigenvalue weighted by atomic mass is 9.87. The van der Waals surface area contributed by atoms with Crippen LogP contribution in [0.2, 0.25) is 0 Å². The van der Waals surface area contributed by atoms with Crippen LogP contribution in [0.3, 0.4) is 0 Å². The van der Waals surface area contributed by atoms with Crippen LogP contribution in [0.4, 0.5) is 8.92 Å². The number of ether oxygens (including phenoxy) is 2. The summed E-state index contributed by atoms with van der Waals surface area (Å²) in [4.78, 5) is 17.7. The Morgan fingerprint density at radius 2 is 1.78 bits per heavy atom. The minimum absolute atomic E-state index is 0.0232. The highest BCUT2D eigenvalue weighted by atomic mass is 19.3. The number of hydrogen-bond donors (Lipinski definition) is 0. The molecule has 0 radical (unpaired) electrons. The van der Waals surface area contributed by atoms with Crippen molar-refractivity contribution in [3.8, 4) is 17.2 Å². The molecule has 0 N–H and O–H groups in total. The third kappa shape index (κ3) is 6.96. The van der Waals surface area contributed by atoms with E-state index >= 15 is 0 Å². The van der Waals surface area contributed by atoms with Crippen LogP contribution in [-0.2, 0) is 11.2 Å². The lowest BCUT2D eigenvalue weighted by molar-refractivity contribution is -0.118. The van der Waals surface area contributed by atoms with Gasteiger partial charge in [0.1, 0.15) is 24.2 Å². The number of carbonyl (C=O) groups is 1. The lowest BCUT2D eigenvalue weighted by Crippen LogP contribution is -2.26. The van der Waals surface area contributed by atoms with Gasteiger partial charge in [-0.3, -0.25) is 19.0 Å². The van der Waals surface area contributed by atoms with E-state index in [1.807, 2.05) is 37.3 Å².